The number of hydrogen-bond donors (Lipinski definition) is 1. The Morgan fingerprint density at radius 2 is 1.95 bits per heavy atom. The van der Waals surface area contributed by atoms with Crippen LogP contribution < -0.4 is 5.32 Å². The second-order valence-electron chi connectivity index (χ2n) is 4.56. The monoisotopic (exact) mass is 310 g/mol. The van der Waals surface area contributed by atoms with Crippen molar-refractivity contribution in [2.75, 3.05) is 11.1 Å². The standard InChI is InChI=1S/C14H18N2O2S2/c1-3-8-20(17,18)13-6-4-12(5-7-13)15-9-14-11(2)16-10-19-14/h4-7,10,15H,3,8-9H2,1-2H3. The molecule has 1 heterocycles. The van der Waals surface area contributed by atoms with Gasteiger partial charge >= 0.3 is 0 Å². The third kappa shape index (κ3) is 3.58. The van der Waals surface area contributed by atoms with Gasteiger partial charge in [0.15, 0.2) is 9.84 Å². The molecule has 0 spiro atoms. The van der Waals surface area contributed by atoms with Crippen molar-refractivity contribution in [1.82, 2.24) is 4.98 Å². The quantitative estimate of drug-likeness (QED) is 0.890. The average molecular weight is 310 g/mol. The summed E-state index contributed by atoms with van der Waals surface area (Å²) in [5, 5.41) is 3.27. The van der Waals surface area contributed by atoms with Gasteiger partial charge in [0, 0.05) is 10.6 Å². The smallest absolute Gasteiger partial charge is 0.178 e. The van der Waals surface area contributed by atoms with Crippen LogP contribution in [0.4, 0.5) is 5.69 Å². The first-order valence-electron chi connectivity index (χ1n) is 6.48. The third-order valence-corrected chi connectivity index (χ3v) is 5.86. The van der Waals surface area contributed by atoms with Gasteiger partial charge in [-0.2, -0.15) is 0 Å². The highest BCUT2D eigenvalue weighted by Crippen LogP contribution is 2.18. The van der Waals surface area contributed by atoms with Crippen molar-refractivity contribution in [2.24, 2.45) is 0 Å². The van der Waals surface area contributed by atoms with Gasteiger partial charge in [-0.15, -0.1) is 11.3 Å². The molecule has 108 valence electrons. The van der Waals surface area contributed by atoms with Crippen molar-refractivity contribution in [3.05, 3.63) is 40.3 Å². The molecule has 0 bridgehead atoms. The molecule has 0 saturated carbocycles. The Balaban J connectivity index is 2.04. The average Bonchev–Trinajstić information content (AvgIpc) is 2.82. The molecule has 0 aliphatic heterocycles. The van der Waals surface area contributed by atoms with Crippen molar-refractivity contribution in [3.63, 3.8) is 0 Å². The molecule has 0 unspecified atom stereocenters. The first-order valence-corrected chi connectivity index (χ1v) is 9.02. The van der Waals surface area contributed by atoms with Gasteiger partial charge in [0.2, 0.25) is 0 Å². The molecule has 0 atom stereocenters. The minimum absolute atomic E-state index is 0.194. The van der Waals surface area contributed by atoms with Crippen molar-refractivity contribution in [1.29, 1.82) is 0 Å². The molecule has 2 rings (SSSR count). The fraction of sp³-hybridized carbons (Fsp3) is 0.357. The van der Waals surface area contributed by atoms with E-state index in [2.05, 4.69) is 10.3 Å². The van der Waals surface area contributed by atoms with Crippen LogP contribution in [0.5, 0.6) is 0 Å². The highest BCUT2D eigenvalue weighted by atomic mass is 32.2. The predicted molar refractivity (Wildman–Crippen MR) is 83.0 cm³/mol. The first kappa shape index (κ1) is 15.0. The number of benzene rings is 1. The lowest BCUT2D eigenvalue weighted by Gasteiger charge is -2.07. The molecule has 2 aromatic rings. The van der Waals surface area contributed by atoms with E-state index in [4.69, 9.17) is 0 Å². The van der Waals surface area contributed by atoms with Gasteiger partial charge < -0.3 is 5.32 Å². The lowest BCUT2D eigenvalue weighted by atomic mass is 10.3. The molecule has 1 aromatic heterocycles. The Bertz CT molecular complexity index is 661. The molecular weight excluding hydrogens is 292 g/mol. The van der Waals surface area contributed by atoms with E-state index in [0.29, 0.717) is 17.9 Å². The summed E-state index contributed by atoms with van der Waals surface area (Å²) in [6.45, 7) is 4.55. The maximum absolute atomic E-state index is 11.9. The van der Waals surface area contributed by atoms with Gasteiger partial charge in [-0.05, 0) is 37.6 Å². The van der Waals surface area contributed by atoms with Crippen LogP contribution in [0, 0.1) is 6.92 Å². The summed E-state index contributed by atoms with van der Waals surface area (Å²) < 4.78 is 23.8. The minimum Gasteiger partial charge on any atom is -0.380 e. The Kier molecular flexibility index (Phi) is 4.77. The van der Waals surface area contributed by atoms with Crippen molar-refractivity contribution < 1.29 is 8.42 Å². The number of hydrogen-bond acceptors (Lipinski definition) is 5. The summed E-state index contributed by atoms with van der Waals surface area (Å²) in [7, 11) is -3.13. The number of nitrogens with one attached hydrogen (secondary N) is 1. The second kappa shape index (κ2) is 6.37. The van der Waals surface area contributed by atoms with Gasteiger partial charge in [-0.25, -0.2) is 13.4 Å². The van der Waals surface area contributed by atoms with Crippen molar-refractivity contribution in [2.45, 2.75) is 31.7 Å². The molecule has 4 nitrogen and oxygen atoms in total. The summed E-state index contributed by atoms with van der Waals surface area (Å²) in [6.07, 6.45) is 0.632. The number of rotatable bonds is 6. The van der Waals surface area contributed by atoms with Gasteiger partial charge in [0.25, 0.3) is 0 Å². The van der Waals surface area contributed by atoms with Crippen LogP contribution in [-0.4, -0.2) is 19.2 Å². The highest BCUT2D eigenvalue weighted by molar-refractivity contribution is 7.91. The van der Waals surface area contributed by atoms with Crippen LogP contribution in [-0.2, 0) is 16.4 Å². The number of anilines is 1. The maximum atomic E-state index is 11.9. The van der Waals surface area contributed by atoms with Crippen molar-refractivity contribution in [3.8, 4) is 0 Å². The van der Waals surface area contributed by atoms with Crippen LogP contribution in [0.2, 0.25) is 0 Å². The number of thiazole rings is 1. The number of sulfone groups is 1. The van der Waals surface area contributed by atoms with E-state index in [9.17, 15) is 8.42 Å². The summed E-state index contributed by atoms with van der Waals surface area (Å²) >= 11 is 1.61. The van der Waals surface area contributed by atoms with E-state index >= 15 is 0 Å². The lowest BCUT2D eigenvalue weighted by Crippen LogP contribution is -2.06. The molecule has 6 heteroatoms. The number of aryl methyl sites for hydroxylation is 1. The van der Waals surface area contributed by atoms with E-state index in [-0.39, 0.29) is 5.75 Å². The van der Waals surface area contributed by atoms with Crippen LogP contribution in [0.1, 0.15) is 23.9 Å². The maximum Gasteiger partial charge on any atom is 0.178 e. The zero-order valence-corrected chi connectivity index (χ0v) is 13.2. The lowest BCUT2D eigenvalue weighted by molar-refractivity contribution is 0.595. The highest BCUT2D eigenvalue weighted by Gasteiger charge is 2.12. The summed E-state index contributed by atoms with van der Waals surface area (Å²) in [6, 6.07) is 6.93. The molecule has 1 aromatic carbocycles. The normalized spacial score (nSPS) is 11.5. The molecule has 0 aliphatic rings. The van der Waals surface area contributed by atoms with E-state index < -0.39 is 9.84 Å². The first-order chi connectivity index (χ1) is 9.53. The molecule has 0 amide bonds. The zero-order chi connectivity index (χ0) is 14.6. The van der Waals surface area contributed by atoms with Crippen molar-refractivity contribution >= 4 is 26.9 Å². The van der Waals surface area contributed by atoms with E-state index in [1.807, 2.05) is 19.4 Å². The topological polar surface area (TPSA) is 59.1 Å². The fourth-order valence-corrected chi connectivity index (χ4v) is 3.89. The second-order valence-corrected chi connectivity index (χ2v) is 7.61. The Labute approximate surface area is 123 Å². The summed E-state index contributed by atoms with van der Waals surface area (Å²) in [5.74, 6) is 0.194. The molecule has 20 heavy (non-hydrogen) atoms. The SMILES string of the molecule is CCCS(=O)(=O)c1ccc(NCc2scnc2C)cc1. The predicted octanol–water partition coefficient (Wildman–Crippen LogP) is 3.25. The van der Waals surface area contributed by atoms with Gasteiger partial charge in [0.05, 0.1) is 28.4 Å². The molecule has 1 N–H and O–H groups in total. The molecule has 0 fully saturated rings. The Hall–Kier alpha value is -1.40. The van der Waals surface area contributed by atoms with Gasteiger partial charge in [0.1, 0.15) is 0 Å². The van der Waals surface area contributed by atoms with E-state index in [0.717, 1.165) is 11.4 Å². The zero-order valence-electron chi connectivity index (χ0n) is 11.6. The summed E-state index contributed by atoms with van der Waals surface area (Å²) in [4.78, 5) is 5.77. The van der Waals surface area contributed by atoms with Crippen LogP contribution >= 0.6 is 11.3 Å². The largest absolute Gasteiger partial charge is 0.380 e. The minimum atomic E-state index is -3.13. The van der Waals surface area contributed by atoms with Gasteiger partial charge in [-0.1, -0.05) is 6.92 Å². The third-order valence-electron chi connectivity index (χ3n) is 2.98. The molecular formula is C14H18N2O2S2. The van der Waals surface area contributed by atoms with Gasteiger partial charge in [-0.3, -0.25) is 0 Å². The molecule has 0 aliphatic carbocycles. The van der Waals surface area contributed by atoms with E-state index in [1.54, 1.807) is 35.6 Å². The molecule has 0 saturated heterocycles. The number of nitrogens with zero attached hydrogens (tertiary/aromatic N) is 1. The van der Waals surface area contributed by atoms with Crippen LogP contribution in [0.25, 0.3) is 0 Å². The summed E-state index contributed by atoms with van der Waals surface area (Å²) in [5.41, 5.74) is 3.77. The van der Waals surface area contributed by atoms with Crippen LogP contribution in [0.3, 0.4) is 0 Å². The Morgan fingerprint density at radius 3 is 2.50 bits per heavy atom. The molecule has 0 radical (unpaired) electrons. The van der Waals surface area contributed by atoms with Crippen LogP contribution in [0.15, 0.2) is 34.7 Å². The Morgan fingerprint density at radius 1 is 1.25 bits per heavy atom. The number of aromatic nitrogens is 1. The fourth-order valence-electron chi connectivity index (χ4n) is 1.84. The van der Waals surface area contributed by atoms with E-state index in [1.165, 1.54) is 4.88 Å².